The molecule has 0 spiro atoms. The summed E-state index contributed by atoms with van der Waals surface area (Å²) in [5.74, 6) is 2.94. The number of aliphatic hydroxyl groups is 1. The molecule has 3 saturated carbocycles. The normalized spacial score (nSPS) is 47.6. The summed E-state index contributed by atoms with van der Waals surface area (Å²) in [5.41, 5.74) is 0.301. The maximum Gasteiger partial charge on any atom is 0.112 e. The number of nitrogens with zero attached hydrogens (tertiary/aromatic N) is 2. The molecule has 3 aliphatic rings. The van der Waals surface area contributed by atoms with Gasteiger partial charge in [0.15, 0.2) is 0 Å². The average molecular weight is 232 g/mol. The maximum atomic E-state index is 11.0. The van der Waals surface area contributed by atoms with Crippen LogP contribution in [0.2, 0.25) is 0 Å². The lowest BCUT2D eigenvalue weighted by Crippen LogP contribution is -2.39. The summed E-state index contributed by atoms with van der Waals surface area (Å²) in [6.07, 6.45) is 8.26. The molecule has 3 heteroatoms. The fourth-order valence-electron chi connectivity index (χ4n) is 5.05. The van der Waals surface area contributed by atoms with Gasteiger partial charge >= 0.3 is 0 Å². The maximum absolute atomic E-state index is 11.0. The first-order valence-corrected chi connectivity index (χ1v) is 6.91. The van der Waals surface area contributed by atoms with Crippen molar-refractivity contribution in [3.05, 3.63) is 18.0 Å². The zero-order chi connectivity index (χ0) is 11.6. The van der Waals surface area contributed by atoms with Crippen LogP contribution in [0, 0.1) is 23.7 Å². The van der Waals surface area contributed by atoms with E-state index < -0.39 is 5.60 Å². The second kappa shape index (κ2) is 3.14. The molecule has 5 atom stereocenters. The van der Waals surface area contributed by atoms with Crippen molar-refractivity contribution in [1.29, 1.82) is 0 Å². The van der Waals surface area contributed by atoms with E-state index in [9.17, 15) is 5.11 Å². The predicted octanol–water partition coefficient (Wildman–Crippen LogP) is 2.06. The topological polar surface area (TPSA) is 38.0 Å². The Labute approximate surface area is 102 Å². The van der Waals surface area contributed by atoms with Gasteiger partial charge in [0.1, 0.15) is 5.60 Å². The van der Waals surface area contributed by atoms with Crippen LogP contribution in [0.25, 0.3) is 0 Å². The second-order valence-electron chi connectivity index (χ2n) is 6.36. The van der Waals surface area contributed by atoms with Crippen LogP contribution in [-0.2, 0) is 12.6 Å². The Kier molecular flexibility index (Phi) is 1.87. The first-order valence-electron chi connectivity index (χ1n) is 6.91. The van der Waals surface area contributed by atoms with E-state index >= 15 is 0 Å². The van der Waals surface area contributed by atoms with Crippen LogP contribution < -0.4 is 0 Å². The number of hydrogen-bond acceptors (Lipinski definition) is 2. The van der Waals surface area contributed by atoms with E-state index in [1.165, 1.54) is 25.7 Å². The summed E-state index contributed by atoms with van der Waals surface area (Å²) in [5, 5.41) is 15.5. The molecule has 4 rings (SSSR count). The van der Waals surface area contributed by atoms with Gasteiger partial charge in [-0.1, -0.05) is 6.42 Å². The Morgan fingerprint density at radius 2 is 2.24 bits per heavy atom. The van der Waals surface area contributed by atoms with E-state index in [1.807, 2.05) is 24.0 Å². The summed E-state index contributed by atoms with van der Waals surface area (Å²) in [4.78, 5) is 0. The molecule has 0 aromatic carbocycles. The van der Waals surface area contributed by atoms with Crippen molar-refractivity contribution in [1.82, 2.24) is 9.78 Å². The Hall–Kier alpha value is -0.830. The van der Waals surface area contributed by atoms with E-state index in [1.54, 1.807) is 0 Å². The molecule has 3 fully saturated rings. The fourth-order valence-corrected chi connectivity index (χ4v) is 5.05. The zero-order valence-corrected chi connectivity index (χ0v) is 10.3. The minimum Gasteiger partial charge on any atom is -0.383 e. The highest BCUT2D eigenvalue weighted by Crippen LogP contribution is 2.64. The third kappa shape index (κ3) is 1.18. The summed E-state index contributed by atoms with van der Waals surface area (Å²) in [6.45, 7) is 0. The summed E-state index contributed by atoms with van der Waals surface area (Å²) in [6, 6.07) is 2.00. The summed E-state index contributed by atoms with van der Waals surface area (Å²) >= 11 is 0. The van der Waals surface area contributed by atoms with Gasteiger partial charge in [-0.3, -0.25) is 4.68 Å². The van der Waals surface area contributed by atoms with Crippen LogP contribution in [-0.4, -0.2) is 14.9 Å². The number of rotatable bonds is 1. The molecule has 92 valence electrons. The molecule has 3 aliphatic carbocycles. The van der Waals surface area contributed by atoms with Crippen molar-refractivity contribution in [2.45, 2.75) is 37.7 Å². The molecule has 1 heterocycles. The van der Waals surface area contributed by atoms with Gasteiger partial charge in [0, 0.05) is 13.2 Å². The number of fused-ring (bicyclic) bond motifs is 5. The highest BCUT2D eigenvalue weighted by atomic mass is 16.3. The van der Waals surface area contributed by atoms with Crippen LogP contribution in [0.5, 0.6) is 0 Å². The van der Waals surface area contributed by atoms with Crippen molar-refractivity contribution in [2.75, 3.05) is 0 Å². The molecule has 1 aromatic rings. The number of aromatic nitrogens is 2. The first kappa shape index (κ1) is 10.1. The first-order chi connectivity index (χ1) is 8.18. The van der Waals surface area contributed by atoms with Crippen LogP contribution in [0.15, 0.2) is 12.3 Å². The van der Waals surface area contributed by atoms with Gasteiger partial charge in [-0.2, -0.15) is 5.10 Å². The zero-order valence-electron chi connectivity index (χ0n) is 10.3. The second-order valence-corrected chi connectivity index (χ2v) is 6.36. The van der Waals surface area contributed by atoms with E-state index in [0.717, 1.165) is 29.9 Å². The van der Waals surface area contributed by atoms with E-state index in [0.29, 0.717) is 5.92 Å². The highest BCUT2D eigenvalue weighted by Gasteiger charge is 2.61. The molecule has 1 N–H and O–H groups in total. The van der Waals surface area contributed by atoms with Gasteiger partial charge < -0.3 is 5.11 Å². The molecule has 3 nitrogen and oxygen atoms in total. The smallest absolute Gasteiger partial charge is 0.112 e. The van der Waals surface area contributed by atoms with Crippen LogP contribution in [0.4, 0.5) is 0 Å². The minimum atomic E-state index is -0.614. The lowest BCUT2D eigenvalue weighted by atomic mass is 9.71. The van der Waals surface area contributed by atoms with Gasteiger partial charge in [-0.25, -0.2) is 0 Å². The average Bonchev–Trinajstić information content (AvgIpc) is 2.95. The summed E-state index contributed by atoms with van der Waals surface area (Å²) < 4.78 is 1.81. The standard InChI is InChI=1S/C14H20N2O/c1-16-6-5-13(15-16)14(17)8-9-7-12(14)11-4-2-3-10(9)11/h5-6,9-12,17H,2-4,7-8H2,1H3. The molecule has 0 aliphatic heterocycles. The number of aryl methyl sites for hydroxylation is 1. The highest BCUT2D eigenvalue weighted by molar-refractivity contribution is 5.21. The molecule has 0 radical (unpaired) electrons. The largest absolute Gasteiger partial charge is 0.383 e. The molecule has 17 heavy (non-hydrogen) atoms. The summed E-state index contributed by atoms with van der Waals surface area (Å²) in [7, 11) is 1.93. The third-order valence-electron chi connectivity index (χ3n) is 5.65. The van der Waals surface area contributed by atoms with Gasteiger partial charge in [0.25, 0.3) is 0 Å². The van der Waals surface area contributed by atoms with Crippen molar-refractivity contribution < 1.29 is 5.11 Å². The van der Waals surface area contributed by atoms with Gasteiger partial charge in [-0.05, 0) is 55.4 Å². The molecular weight excluding hydrogens is 212 g/mol. The van der Waals surface area contributed by atoms with Gasteiger partial charge in [0.2, 0.25) is 0 Å². The van der Waals surface area contributed by atoms with E-state index in [4.69, 9.17) is 0 Å². The molecule has 0 amide bonds. The van der Waals surface area contributed by atoms with Crippen molar-refractivity contribution in [3.63, 3.8) is 0 Å². The van der Waals surface area contributed by atoms with Crippen LogP contribution in [0.3, 0.4) is 0 Å². The number of hydrogen-bond donors (Lipinski definition) is 1. The SMILES string of the molecule is Cn1ccc(C2(O)CC3CC2C2CCCC32)n1. The van der Waals surface area contributed by atoms with Gasteiger partial charge in [0.05, 0.1) is 5.69 Å². The van der Waals surface area contributed by atoms with Crippen LogP contribution in [0.1, 0.15) is 37.8 Å². The Morgan fingerprint density at radius 3 is 3.00 bits per heavy atom. The van der Waals surface area contributed by atoms with Crippen molar-refractivity contribution in [3.8, 4) is 0 Å². The van der Waals surface area contributed by atoms with Crippen LogP contribution >= 0.6 is 0 Å². The molecule has 2 bridgehead atoms. The Bertz CT molecular complexity index is 455. The monoisotopic (exact) mass is 232 g/mol. The molecule has 0 saturated heterocycles. The lowest BCUT2D eigenvalue weighted by Gasteiger charge is -2.37. The molecular formula is C14H20N2O. The molecule has 1 aromatic heterocycles. The fraction of sp³-hybridized carbons (Fsp3) is 0.786. The minimum absolute atomic E-state index is 0.481. The van der Waals surface area contributed by atoms with Crippen molar-refractivity contribution in [2.24, 2.45) is 30.7 Å². The predicted molar refractivity (Wildman–Crippen MR) is 64.1 cm³/mol. The van der Waals surface area contributed by atoms with E-state index in [2.05, 4.69) is 5.10 Å². The lowest BCUT2D eigenvalue weighted by molar-refractivity contribution is -0.0549. The van der Waals surface area contributed by atoms with Gasteiger partial charge in [-0.15, -0.1) is 0 Å². The van der Waals surface area contributed by atoms with E-state index in [-0.39, 0.29) is 0 Å². The quantitative estimate of drug-likeness (QED) is 0.805. The molecule has 5 unspecified atom stereocenters. The Morgan fingerprint density at radius 1 is 1.41 bits per heavy atom. The Balaban J connectivity index is 1.72. The van der Waals surface area contributed by atoms with Crippen molar-refractivity contribution >= 4 is 0 Å². The third-order valence-corrected chi connectivity index (χ3v) is 5.65.